The van der Waals surface area contributed by atoms with Crippen molar-refractivity contribution in [1.29, 1.82) is 0 Å². The van der Waals surface area contributed by atoms with Gasteiger partial charge in [0.2, 0.25) is 0 Å². The highest BCUT2D eigenvalue weighted by molar-refractivity contribution is 5.59. The van der Waals surface area contributed by atoms with Crippen molar-refractivity contribution in [2.45, 2.75) is 13.3 Å². The lowest BCUT2D eigenvalue weighted by Gasteiger charge is -1.95. The fourth-order valence-electron chi connectivity index (χ4n) is 0.848. The van der Waals surface area contributed by atoms with Gasteiger partial charge in [0.25, 0.3) is 0 Å². The van der Waals surface area contributed by atoms with Crippen molar-refractivity contribution in [1.82, 2.24) is 4.98 Å². The van der Waals surface area contributed by atoms with Gasteiger partial charge < -0.3 is 5.21 Å². The Balaban J connectivity index is 2.71. The largest absolute Gasteiger partial charge is 0.411 e. The Hall–Kier alpha value is -1.38. The van der Waals surface area contributed by atoms with Crippen LogP contribution in [0, 0.1) is 6.92 Å². The molecule has 58 valence electrons. The maximum atomic E-state index is 8.14. The molecule has 0 atom stereocenters. The molecule has 11 heavy (non-hydrogen) atoms. The van der Waals surface area contributed by atoms with Gasteiger partial charge in [0.15, 0.2) is 0 Å². The van der Waals surface area contributed by atoms with Gasteiger partial charge >= 0.3 is 0 Å². The Morgan fingerprint density at radius 1 is 1.64 bits per heavy atom. The molecule has 0 fully saturated rings. The van der Waals surface area contributed by atoms with Gasteiger partial charge in [-0.3, -0.25) is 4.98 Å². The highest BCUT2D eigenvalue weighted by Gasteiger charge is 1.90. The van der Waals surface area contributed by atoms with E-state index in [-0.39, 0.29) is 0 Å². The van der Waals surface area contributed by atoms with Crippen LogP contribution >= 0.6 is 0 Å². The summed E-state index contributed by atoms with van der Waals surface area (Å²) in [6.45, 7) is 1.93. The monoisotopic (exact) mass is 150 g/mol. The van der Waals surface area contributed by atoms with E-state index in [0.717, 1.165) is 11.4 Å². The van der Waals surface area contributed by atoms with E-state index in [0.29, 0.717) is 6.42 Å². The molecule has 0 bridgehead atoms. The maximum Gasteiger partial charge on any atom is 0.0495 e. The molecule has 0 amide bonds. The first kappa shape index (κ1) is 7.72. The van der Waals surface area contributed by atoms with Gasteiger partial charge in [-0.25, -0.2) is 0 Å². The van der Waals surface area contributed by atoms with Crippen molar-refractivity contribution >= 4 is 6.21 Å². The van der Waals surface area contributed by atoms with Crippen LogP contribution in [0.3, 0.4) is 0 Å². The van der Waals surface area contributed by atoms with Crippen molar-refractivity contribution in [2.24, 2.45) is 5.16 Å². The lowest BCUT2D eigenvalue weighted by molar-refractivity contribution is 0.320. The molecule has 0 radical (unpaired) electrons. The van der Waals surface area contributed by atoms with E-state index >= 15 is 0 Å². The normalized spacial score (nSPS) is 10.6. The predicted molar refractivity (Wildman–Crippen MR) is 43.0 cm³/mol. The van der Waals surface area contributed by atoms with Crippen LogP contribution < -0.4 is 0 Å². The lowest BCUT2D eigenvalue weighted by atomic mass is 10.2. The minimum absolute atomic E-state index is 0.582. The Kier molecular flexibility index (Phi) is 2.60. The molecule has 3 heteroatoms. The molecule has 0 spiro atoms. The number of aromatic nitrogens is 1. The van der Waals surface area contributed by atoms with E-state index in [4.69, 9.17) is 5.21 Å². The van der Waals surface area contributed by atoms with Gasteiger partial charge in [-0.1, -0.05) is 6.07 Å². The fourth-order valence-corrected chi connectivity index (χ4v) is 0.848. The molecular formula is C8H10N2O. The van der Waals surface area contributed by atoms with Gasteiger partial charge in [-0.05, 0) is 19.1 Å². The SMILES string of the molecule is Cc1cccc(CC=NO)n1. The Morgan fingerprint density at radius 3 is 3.09 bits per heavy atom. The Labute approximate surface area is 65.4 Å². The summed E-state index contributed by atoms with van der Waals surface area (Å²) in [6.07, 6.45) is 2.00. The zero-order valence-corrected chi connectivity index (χ0v) is 6.36. The summed E-state index contributed by atoms with van der Waals surface area (Å²) in [7, 11) is 0. The number of rotatable bonds is 2. The second kappa shape index (κ2) is 3.71. The van der Waals surface area contributed by atoms with E-state index in [1.165, 1.54) is 6.21 Å². The summed E-state index contributed by atoms with van der Waals surface area (Å²) in [5, 5.41) is 11.0. The van der Waals surface area contributed by atoms with E-state index in [1.807, 2.05) is 25.1 Å². The van der Waals surface area contributed by atoms with Crippen LogP contribution in [0.4, 0.5) is 0 Å². The number of hydrogen-bond acceptors (Lipinski definition) is 3. The lowest BCUT2D eigenvalue weighted by Crippen LogP contribution is -1.91. The number of oxime groups is 1. The first-order chi connectivity index (χ1) is 5.33. The molecule has 1 rings (SSSR count). The summed E-state index contributed by atoms with van der Waals surface area (Å²) in [6, 6.07) is 5.76. The molecule has 1 aromatic heterocycles. The molecule has 0 unspecified atom stereocenters. The number of pyridine rings is 1. The standard InChI is InChI=1S/C8H10N2O/c1-7-3-2-4-8(10-7)5-6-9-11/h2-4,6,11H,5H2,1H3. The van der Waals surface area contributed by atoms with Gasteiger partial charge in [-0.2, -0.15) is 0 Å². The van der Waals surface area contributed by atoms with Crippen LogP contribution in [0.15, 0.2) is 23.4 Å². The first-order valence-corrected chi connectivity index (χ1v) is 3.41. The van der Waals surface area contributed by atoms with E-state index in [9.17, 15) is 0 Å². The van der Waals surface area contributed by atoms with Crippen LogP contribution in [-0.4, -0.2) is 16.4 Å². The molecule has 0 aromatic carbocycles. The molecule has 0 aliphatic carbocycles. The second-order valence-corrected chi connectivity index (χ2v) is 2.27. The third kappa shape index (κ3) is 2.37. The smallest absolute Gasteiger partial charge is 0.0495 e. The van der Waals surface area contributed by atoms with E-state index in [2.05, 4.69) is 10.1 Å². The van der Waals surface area contributed by atoms with Crippen LogP contribution in [0.5, 0.6) is 0 Å². The zero-order valence-electron chi connectivity index (χ0n) is 6.36. The molecular weight excluding hydrogens is 140 g/mol. The number of nitrogens with zero attached hydrogens (tertiary/aromatic N) is 2. The van der Waals surface area contributed by atoms with Crippen molar-refractivity contribution in [3.63, 3.8) is 0 Å². The molecule has 0 saturated carbocycles. The van der Waals surface area contributed by atoms with Gasteiger partial charge in [0.1, 0.15) is 0 Å². The van der Waals surface area contributed by atoms with Crippen molar-refractivity contribution in [3.05, 3.63) is 29.6 Å². The van der Waals surface area contributed by atoms with Crippen LogP contribution in [0.25, 0.3) is 0 Å². The number of hydrogen-bond donors (Lipinski definition) is 1. The second-order valence-electron chi connectivity index (χ2n) is 2.27. The highest BCUT2D eigenvalue weighted by atomic mass is 16.4. The average Bonchev–Trinajstić information content (AvgIpc) is 2.01. The first-order valence-electron chi connectivity index (χ1n) is 3.41. The summed E-state index contributed by atoms with van der Waals surface area (Å²) in [5.74, 6) is 0. The van der Waals surface area contributed by atoms with Crippen LogP contribution in [-0.2, 0) is 6.42 Å². The molecule has 0 saturated heterocycles. The van der Waals surface area contributed by atoms with Gasteiger partial charge in [-0.15, -0.1) is 5.16 Å². The maximum absolute atomic E-state index is 8.14. The topological polar surface area (TPSA) is 45.5 Å². The zero-order chi connectivity index (χ0) is 8.10. The predicted octanol–water partition coefficient (Wildman–Crippen LogP) is 1.39. The summed E-state index contributed by atoms with van der Waals surface area (Å²) in [4.78, 5) is 4.21. The summed E-state index contributed by atoms with van der Waals surface area (Å²) >= 11 is 0. The molecule has 1 heterocycles. The quantitative estimate of drug-likeness (QED) is 0.393. The van der Waals surface area contributed by atoms with E-state index in [1.54, 1.807) is 0 Å². The van der Waals surface area contributed by atoms with Gasteiger partial charge in [0, 0.05) is 24.0 Å². The Bertz CT molecular complexity index is 258. The minimum atomic E-state index is 0.582. The highest BCUT2D eigenvalue weighted by Crippen LogP contribution is 1.97. The van der Waals surface area contributed by atoms with Crippen LogP contribution in [0.2, 0.25) is 0 Å². The van der Waals surface area contributed by atoms with Crippen molar-refractivity contribution < 1.29 is 5.21 Å². The molecule has 0 aliphatic heterocycles. The third-order valence-electron chi connectivity index (χ3n) is 1.33. The van der Waals surface area contributed by atoms with E-state index < -0.39 is 0 Å². The van der Waals surface area contributed by atoms with Gasteiger partial charge in [0.05, 0.1) is 0 Å². The summed E-state index contributed by atoms with van der Waals surface area (Å²) in [5.41, 5.74) is 1.90. The Morgan fingerprint density at radius 2 is 2.45 bits per heavy atom. The average molecular weight is 150 g/mol. The molecule has 1 N–H and O–H groups in total. The number of aryl methyl sites for hydroxylation is 1. The fraction of sp³-hybridized carbons (Fsp3) is 0.250. The third-order valence-corrected chi connectivity index (χ3v) is 1.33. The minimum Gasteiger partial charge on any atom is -0.411 e. The molecule has 0 aliphatic rings. The summed E-state index contributed by atoms with van der Waals surface area (Å²) < 4.78 is 0. The molecule has 1 aromatic rings. The van der Waals surface area contributed by atoms with Crippen molar-refractivity contribution in [2.75, 3.05) is 0 Å². The van der Waals surface area contributed by atoms with Crippen molar-refractivity contribution in [3.8, 4) is 0 Å². The van der Waals surface area contributed by atoms with Crippen LogP contribution in [0.1, 0.15) is 11.4 Å². The molecule has 3 nitrogen and oxygen atoms in total.